The largest absolute Gasteiger partial charge is 0.0726 e. The monoisotopic (exact) mass is 698 g/mol. The zero-order valence-corrected chi connectivity index (χ0v) is 28.7. The topological polar surface area (TPSA) is 0 Å². The average molecular weight is 699 g/mol. The first-order chi connectivity index (χ1) is 31.2. The van der Waals surface area contributed by atoms with Crippen molar-refractivity contribution in [3.63, 3.8) is 0 Å². The van der Waals surface area contributed by atoms with Crippen LogP contribution in [0.15, 0.2) is 206 Å². The summed E-state index contributed by atoms with van der Waals surface area (Å²) in [5, 5.41) is 3.11. The molecule has 0 nitrogen and oxygen atoms in total. The minimum atomic E-state index is -2.35. The Morgan fingerprint density at radius 2 is 0.627 bits per heavy atom. The lowest BCUT2D eigenvalue weighted by molar-refractivity contribution is 0.795. The molecule has 240 valence electrons. The Labute approximate surface area is 322 Å². The third-order valence-corrected chi connectivity index (χ3v) is 14.1. The highest BCUT2D eigenvalue weighted by Crippen LogP contribution is 2.63. The number of benzene rings is 8. The molecule has 0 bridgehead atoms. The molecule has 0 aromatic heterocycles. The quantitative estimate of drug-likeness (QED) is 0.152. The third-order valence-electron chi connectivity index (χ3n) is 9.48. The predicted molar refractivity (Wildman–Crippen MR) is 220 cm³/mol. The average Bonchev–Trinajstić information content (AvgIpc) is 3.82. The van der Waals surface area contributed by atoms with Crippen molar-refractivity contribution in [1.29, 1.82) is 0 Å². The molecule has 0 aliphatic heterocycles. The first-order valence-corrected chi connectivity index (χ1v) is 19.2. The van der Waals surface area contributed by atoms with Crippen LogP contribution in [0.5, 0.6) is 0 Å². The Balaban J connectivity index is 1.49. The van der Waals surface area contributed by atoms with Crippen LogP contribution in [0.1, 0.15) is 41.4 Å². The van der Waals surface area contributed by atoms with Crippen molar-refractivity contribution in [3.05, 3.63) is 228 Å². The van der Waals surface area contributed by atoms with Crippen molar-refractivity contribution in [3.8, 4) is 22.3 Å². The van der Waals surface area contributed by atoms with Gasteiger partial charge in [-0.15, -0.1) is 0 Å². The van der Waals surface area contributed by atoms with Crippen LogP contribution in [-0.4, -0.2) is 0 Å². The van der Waals surface area contributed by atoms with E-state index in [1.54, 1.807) is 0 Å². The van der Waals surface area contributed by atoms with Crippen LogP contribution in [0, 0.1) is 0 Å². The second kappa shape index (κ2) is 12.4. The predicted octanol–water partition coefficient (Wildman–Crippen LogP) is 9.55. The van der Waals surface area contributed by atoms with Gasteiger partial charge >= 0.3 is 0 Å². The van der Waals surface area contributed by atoms with Crippen molar-refractivity contribution in [2.75, 3.05) is 0 Å². The van der Waals surface area contributed by atoms with Gasteiger partial charge in [0.05, 0.1) is 24.6 Å². The summed E-state index contributed by atoms with van der Waals surface area (Å²) >= 11 is 0. The van der Waals surface area contributed by atoms with Gasteiger partial charge in [0.2, 0.25) is 0 Å². The SMILES string of the molecule is [2H]c1c([2H])c([2H])c2c(c1[2H])-c1c([2H])c([2H])c([2H])c([2H])c1C21c2c([2H])c(P(c3ccccc3)c3ccccc3)c([2H])c([2H])c2-c2c([2H])c([2H])c(P(c3ccccc3)c3ccccc3)c([2H])c21. The molecule has 2 aliphatic carbocycles. The summed E-state index contributed by atoms with van der Waals surface area (Å²) in [5.41, 5.74) is -3.95. The molecule has 0 heterocycles. The van der Waals surface area contributed by atoms with Crippen LogP contribution < -0.4 is 31.8 Å². The van der Waals surface area contributed by atoms with Crippen LogP contribution in [0.2, 0.25) is 0 Å². The Kier molecular flexibility index (Phi) is 4.70. The molecule has 0 N–H and O–H groups in total. The molecule has 2 heteroatoms. The molecule has 8 aromatic carbocycles. The third kappa shape index (κ3) is 4.75. The van der Waals surface area contributed by atoms with Crippen molar-refractivity contribution >= 4 is 47.7 Å². The molecular weight excluding hydrogens is 650 g/mol. The second-order valence-corrected chi connectivity index (χ2v) is 16.5. The summed E-state index contributed by atoms with van der Waals surface area (Å²) in [6.45, 7) is 0. The van der Waals surface area contributed by atoms with Crippen molar-refractivity contribution in [2.45, 2.75) is 5.41 Å². The molecule has 0 saturated carbocycles. The minimum Gasteiger partial charge on any atom is -0.0622 e. The summed E-state index contributed by atoms with van der Waals surface area (Å²) in [4.78, 5) is 0. The van der Waals surface area contributed by atoms with Crippen LogP contribution in [0.3, 0.4) is 0 Å². The Bertz CT molecular complexity index is 3010. The minimum absolute atomic E-state index is 0.102. The summed E-state index contributed by atoms with van der Waals surface area (Å²) in [6.07, 6.45) is 0. The maximum absolute atomic E-state index is 10.5. The molecule has 0 unspecified atom stereocenters. The molecule has 0 radical (unpaired) electrons. The molecule has 8 aromatic rings. The van der Waals surface area contributed by atoms with E-state index in [4.69, 9.17) is 5.48 Å². The molecule has 1 spiro atoms. The highest BCUT2D eigenvalue weighted by Gasteiger charge is 2.52. The maximum Gasteiger partial charge on any atom is 0.0726 e. The van der Waals surface area contributed by atoms with Crippen LogP contribution in [-0.2, 0) is 5.41 Å². The Morgan fingerprint density at radius 3 is 0.980 bits per heavy atom. The normalized spacial score (nSPS) is 17.1. The fourth-order valence-electron chi connectivity index (χ4n) is 7.39. The lowest BCUT2D eigenvalue weighted by Gasteiger charge is -2.32. The van der Waals surface area contributed by atoms with Gasteiger partial charge in [-0.25, -0.2) is 0 Å². The molecule has 0 saturated heterocycles. The van der Waals surface area contributed by atoms with Gasteiger partial charge in [0, 0.05) is 0 Å². The van der Waals surface area contributed by atoms with Gasteiger partial charge in [0.15, 0.2) is 0 Å². The standard InChI is InChI=1S/C49H34P2/c1-5-17-35(18-6-1)50(36-19-7-2-8-20-36)39-29-31-43-44-32-30-40(51(37-21-9-3-10-22-37)38-23-11-4-12-24-38)34-48(44)49(47(43)33-39)45-27-15-13-25-41(45)42-26-14-16-28-46(42)49/h1-34H/i13D,14D,15D,16D,25D,26D,27D,28D,29D,30D,31D,32D,33D,34D. The molecule has 0 amide bonds. The summed E-state index contributed by atoms with van der Waals surface area (Å²) in [6, 6.07) is 29.5. The van der Waals surface area contributed by atoms with E-state index in [1.807, 2.05) is 121 Å². The van der Waals surface area contributed by atoms with Gasteiger partial charge in [-0.3, -0.25) is 0 Å². The molecular formula is C49H34P2. The van der Waals surface area contributed by atoms with Crippen molar-refractivity contribution < 1.29 is 19.2 Å². The van der Waals surface area contributed by atoms with Gasteiger partial charge in [0.1, 0.15) is 0 Å². The van der Waals surface area contributed by atoms with E-state index in [-0.39, 0.29) is 79.3 Å². The van der Waals surface area contributed by atoms with Crippen LogP contribution >= 0.6 is 15.8 Å². The fourth-order valence-corrected chi connectivity index (χ4v) is 11.7. The zero-order chi connectivity index (χ0) is 46.0. The van der Waals surface area contributed by atoms with E-state index in [9.17, 15) is 13.7 Å². The number of hydrogen-bond acceptors (Lipinski definition) is 0. The molecule has 51 heavy (non-hydrogen) atoms. The molecule has 0 fully saturated rings. The van der Waals surface area contributed by atoms with Gasteiger partial charge in [0.25, 0.3) is 0 Å². The maximum atomic E-state index is 10.5. The summed E-state index contributed by atoms with van der Waals surface area (Å²) in [7, 11) is -3.65. The van der Waals surface area contributed by atoms with Crippen molar-refractivity contribution in [1.82, 2.24) is 0 Å². The summed E-state index contributed by atoms with van der Waals surface area (Å²) in [5.74, 6) is 0. The van der Waals surface area contributed by atoms with Gasteiger partial charge in [-0.1, -0.05) is 194 Å². The Hall–Kier alpha value is -5.38. The van der Waals surface area contributed by atoms with E-state index in [2.05, 4.69) is 0 Å². The fraction of sp³-hybridized carbons (Fsp3) is 0.0204. The zero-order valence-electron chi connectivity index (χ0n) is 40.9. The smallest absolute Gasteiger partial charge is 0.0622 e. The van der Waals surface area contributed by atoms with E-state index in [0.29, 0.717) is 0 Å². The molecule has 0 atom stereocenters. The second-order valence-electron chi connectivity index (χ2n) is 12.2. The lowest BCUT2D eigenvalue weighted by Crippen LogP contribution is -2.29. The lowest BCUT2D eigenvalue weighted by atomic mass is 9.70. The van der Waals surface area contributed by atoms with Gasteiger partial charge in [-0.2, -0.15) is 0 Å². The van der Waals surface area contributed by atoms with E-state index in [0.717, 1.165) is 21.2 Å². The van der Waals surface area contributed by atoms with Crippen LogP contribution in [0.25, 0.3) is 22.3 Å². The van der Waals surface area contributed by atoms with Crippen LogP contribution in [0.4, 0.5) is 0 Å². The highest BCUT2D eigenvalue weighted by atomic mass is 31.1. The molecule has 10 rings (SSSR count). The van der Waals surface area contributed by atoms with Gasteiger partial charge < -0.3 is 0 Å². The van der Waals surface area contributed by atoms with E-state index < -0.39 is 81.7 Å². The first kappa shape index (κ1) is 19.3. The summed E-state index contributed by atoms with van der Waals surface area (Å²) < 4.78 is 135. The number of hydrogen-bond donors (Lipinski definition) is 0. The van der Waals surface area contributed by atoms with E-state index >= 15 is 0 Å². The molecule has 2 aliphatic rings. The van der Waals surface area contributed by atoms with Crippen molar-refractivity contribution in [2.24, 2.45) is 0 Å². The number of fused-ring (bicyclic) bond motifs is 10. The van der Waals surface area contributed by atoms with E-state index in [1.165, 1.54) is 0 Å². The van der Waals surface area contributed by atoms with Gasteiger partial charge in [-0.05, 0) is 104 Å². The number of rotatable bonds is 6. The highest BCUT2D eigenvalue weighted by molar-refractivity contribution is 7.80. The Morgan fingerprint density at radius 1 is 0.314 bits per heavy atom. The first-order valence-electron chi connectivity index (χ1n) is 23.5.